The quantitative estimate of drug-likeness (QED) is 0.513. The minimum Gasteiger partial charge on any atom is -0.331 e. The number of thiocarbonyl (C=S) groups is 1. The molecule has 2 aromatic carbocycles. The van der Waals surface area contributed by atoms with Crippen LogP contribution < -0.4 is 10.7 Å². The average Bonchev–Trinajstić information content (AvgIpc) is 2.41. The van der Waals surface area contributed by atoms with Gasteiger partial charge in [0.05, 0.1) is 6.21 Å². The van der Waals surface area contributed by atoms with Gasteiger partial charge in [-0.15, -0.1) is 0 Å². The van der Waals surface area contributed by atoms with Gasteiger partial charge in [-0.1, -0.05) is 48.0 Å². The fourth-order valence-electron chi connectivity index (χ4n) is 1.78. The highest BCUT2D eigenvalue weighted by Crippen LogP contribution is 2.12. The van der Waals surface area contributed by atoms with Crippen LogP contribution in [0.25, 0.3) is 0 Å². The highest BCUT2D eigenvalue weighted by atomic mass is 32.1. The van der Waals surface area contributed by atoms with Crippen LogP contribution in [0.3, 0.4) is 0 Å². The zero-order chi connectivity index (χ0) is 14.4. The standard InChI is InChI=1S/C16H17N3S/c1-12-6-5-8-14(10-12)11-17-19-16(20)18-15-9-4-3-7-13(15)2/h3-11H,1-2H3,(H2,18,19,20)/b17-11-. The van der Waals surface area contributed by atoms with Gasteiger partial charge in [0.2, 0.25) is 0 Å². The summed E-state index contributed by atoms with van der Waals surface area (Å²) in [7, 11) is 0. The second-order valence-corrected chi connectivity index (χ2v) is 4.96. The van der Waals surface area contributed by atoms with Gasteiger partial charge in [-0.05, 0) is 43.3 Å². The smallest absolute Gasteiger partial charge is 0.191 e. The number of anilines is 1. The van der Waals surface area contributed by atoms with Crippen molar-refractivity contribution in [1.82, 2.24) is 5.43 Å². The first-order valence-corrected chi connectivity index (χ1v) is 6.78. The van der Waals surface area contributed by atoms with Crippen LogP contribution in [0.15, 0.2) is 53.6 Å². The molecule has 0 unspecified atom stereocenters. The van der Waals surface area contributed by atoms with Crippen LogP contribution in [0.1, 0.15) is 16.7 Å². The van der Waals surface area contributed by atoms with Crippen molar-refractivity contribution in [2.24, 2.45) is 5.10 Å². The Morgan fingerprint density at radius 3 is 2.65 bits per heavy atom. The molecule has 0 aromatic heterocycles. The van der Waals surface area contributed by atoms with E-state index in [0.717, 1.165) is 16.8 Å². The minimum absolute atomic E-state index is 0.475. The van der Waals surface area contributed by atoms with Gasteiger partial charge in [0.1, 0.15) is 0 Å². The maximum atomic E-state index is 5.20. The highest BCUT2D eigenvalue weighted by Gasteiger charge is 1.98. The maximum Gasteiger partial charge on any atom is 0.191 e. The summed E-state index contributed by atoms with van der Waals surface area (Å²) in [5.74, 6) is 0. The van der Waals surface area contributed by atoms with Crippen LogP contribution in [0, 0.1) is 13.8 Å². The van der Waals surface area contributed by atoms with E-state index >= 15 is 0 Å². The molecule has 0 radical (unpaired) electrons. The Kier molecular flexibility index (Phi) is 4.85. The second-order valence-electron chi connectivity index (χ2n) is 4.55. The Hall–Kier alpha value is -2.20. The summed E-state index contributed by atoms with van der Waals surface area (Å²) in [4.78, 5) is 0. The van der Waals surface area contributed by atoms with Crippen molar-refractivity contribution in [3.63, 3.8) is 0 Å². The van der Waals surface area contributed by atoms with Crippen molar-refractivity contribution >= 4 is 29.2 Å². The third kappa shape index (κ3) is 4.17. The molecule has 0 fully saturated rings. The van der Waals surface area contributed by atoms with Gasteiger partial charge in [-0.2, -0.15) is 5.10 Å². The monoisotopic (exact) mass is 283 g/mol. The zero-order valence-corrected chi connectivity index (χ0v) is 12.4. The Balaban J connectivity index is 1.91. The lowest BCUT2D eigenvalue weighted by molar-refractivity contribution is 1.05. The third-order valence-corrected chi connectivity index (χ3v) is 3.01. The van der Waals surface area contributed by atoms with Crippen LogP contribution >= 0.6 is 12.2 Å². The third-order valence-electron chi connectivity index (χ3n) is 2.82. The molecule has 4 heteroatoms. The van der Waals surface area contributed by atoms with E-state index in [1.807, 2.05) is 43.3 Å². The molecule has 0 saturated heterocycles. The molecular formula is C16H17N3S. The first kappa shape index (κ1) is 14.2. The average molecular weight is 283 g/mol. The summed E-state index contributed by atoms with van der Waals surface area (Å²) in [6.07, 6.45) is 1.75. The van der Waals surface area contributed by atoms with Crippen molar-refractivity contribution < 1.29 is 0 Å². The number of nitrogens with zero attached hydrogens (tertiary/aromatic N) is 1. The predicted molar refractivity (Wildman–Crippen MR) is 89.3 cm³/mol. The van der Waals surface area contributed by atoms with Gasteiger partial charge in [-0.25, -0.2) is 0 Å². The molecule has 0 aliphatic heterocycles. The van der Waals surface area contributed by atoms with E-state index in [9.17, 15) is 0 Å². The Morgan fingerprint density at radius 2 is 1.90 bits per heavy atom. The van der Waals surface area contributed by atoms with Crippen molar-refractivity contribution in [3.05, 3.63) is 65.2 Å². The molecule has 0 aliphatic rings. The van der Waals surface area contributed by atoms with Crippen LogP contribution in [0.4, 0.5) is 5.69 Å². The number of aryl methyl sites for hydroxylation is 2. The van der Waals surface area contributed by atoms with Crippen molar-refractivity contribution in [2.45, 2.75) is 13.8 Å². The number of hydrogen-bond donors (Lipinski definition) is 2. The lowest BCUT2D eigenvalue weighted by Crippen LogP contribution is -2.24. The van der Waals surface area contributed by atoms with E-state index in [1.54, 1.807) is 6.21 Å². The summed E-state index contributed by atoms with van der Waals surface area (Å²) >= 11 is 5.20. The van der Waals surface area contributed by atoms with Crippen LogP contribution in [0.5, 0.6) is 0 Å². The molecule has 20 heavy (non-hydrogen) atoms. The van der Waals surface area contributed by atoms with Gasteiger partial charge >= 0.3 is 0 Å². The molecule has 0 bridgehead atoms. The van der Waals surface area contributed by atoms with Crippen molar-refractivity contribution in [1.29, 1.82) is 0 Å². The number of rotatable bonds is 3. The van der Waals surface area contributed by atoms with Crippen molar-refractivity contribution in [2.75, 3.05) is 5.32 Å². The first-order valence-electron chi connectivity index (χ1n) is 6.37. The van der Waals surface area contributed by atoms with Crippen molar-refractivity contribution in [3.8, 4) is 0 Å². The highest BCUT2D eigenvalue weighted by molar-refractivity contribution is 7.80. The lowest BCUT2D eigenvalue weighted by Gasteiger charge is -2.09. The molecule has 0 aliphatic carbocycles. The number of hydrogen-bond acceptors (Lipinski definition) is 2. The maximum absolute atomic E-state index is 5.20. The normalized spacial score (nSPS) is 10.5. The fourth-order valence-corrected chi connectivity index (χ4v) is 1.94. The number of hydrazone groups is 1. The Bertz CT molecular complexity index is 635. The molecule has 2 aromatic rings. The SMILES string of the molecule is Cc1cccc(/C=N\NC(=S)Nc2ccccc2C)c1. The summed E-state index contributed by atoms with van der Waals surface area (Å²) in [6.45, 7) is 4.08. The van der Waals surface area contributed by atoms with E-state index in [-0.39, 0.29) is 0 Å². The van der Waals surface area contributed by atoms with E-state index in [2.05, 4.69) is 34.9 Å². The van der Waals surface area contributed by atoms with E-state index in [1.165, 1.54) is 5.56 Å². The van der Waals surface area contributed by atoms with Gasteiger partial charge in [0, 0.05) is 5.69 Å². The Morgan fingerprint density at radius 1 is 1.10 bits per heavy atom. The molecule has 2 rings (SSSR count). The van der Waals surface area contributed by atoms with Gasteiger partial charge in [0.25, 0.3) is 0 Å². The molecule has 0 heterocycles. The zero-order valence-electron chi connectivity index (χ0n) is 11.6. The van der Waals surface area contributed by atoms with Crippen LogP contribution in [0.2, 0.25) is 0 Å². The topological polar surface area (TPSA) is 36.4 Å². The lowest BCUT2D eigenvalue weighted by atomic mass is 10.2. The van der Waals surface area contributed by atoms with Gasteiger partial charge in [-0.3, -0.25) is 5.43 Å². The molecule has 2 N–H and O–H groups in total. The molecule has 0 atom stereocenters. The number of nitrogens with one attached hydrogen (secondary N) is 2. The summed E-state index contributed by atoms with van der Waals surface area (Å²) in [5, 5.41) is 7.72. The fraction of sp³-hybridized carbons (Fsp3) is 0.125. The van der Waals surface area contributed by atoms with Crippen LogP contribution in [-0.2, 0) is 0 Å². The molecule has 3 nitrogen and oxygen atoms in total. The molecule has 0 saturated carbocycles. The largest absolute Gasteiger partial charge is 0.331 e. The second kappa shape index (κ2) is 6.82. The summed E-state index contributed by atoms with van der Waals surface area (Å²) in [5.41, 5.74) is 7.18. The number of benzene rings is 2. The first-order chi connectivity index (χ1) is 9.65. The van der Waals surface area contributed by atoms with Gasteiger partial charge < -0.3 is 5.32 Å². The van der Waals surface area contributed by atoms with E-state index in [4.69, 9.17) is 12.2 Å². The van der Waals surface area contributed by atoms with E-state index in [0.29, 0.717) is 5.11 Å². The van der Waals surface area contributed by atoms with Crippen LogP contribution in [-0.4, -0.2) is 11.3 Å². The molecule has 0 spiro atoms. The van der Waals surface area contributed by atoms with Gasteiger partial charge in [0.15, 0.2) is 5.11 Å². The Labute approximate surface area is 124 Å². The minimum atomic E-state index is 0.475. The molecule has 0 amide bonds. The predicted octanol–water partition coefficient (Wildman–Crippen LogP) is 3.62. The molecular weight excluding hydrogens is 266 g/mol. The summed E-state index contributed by atoms with van der Waals surface area (Å²) < 4.78 is 0. The number of para-hydroxylation sites is 1. The molecule has 102 valence electrons. The van der Waals surface area contributed by atoms with E-state index < -0.39 is 0 Å². The summed E-state index contributed by atoms with van der Waals surface area (Å²) in [6, 6.07) is 16.1.